The van der Waals surface area contributed by atoms with Gasteiger partial charge in [-0.05, 0) is 11.6 Å². The van der Waals surface area contributed by atoms with Crippen LogP contribution in [0.3, 0.4) is 0 Å². The molecule has 1 rings (SSSR count). The Hall–Kier alpha value is -1.54. The van der Waals surface area contributed by atoms with E-state index in [1.807, 2.05) is 0 Å². The number of hydrogen-bond acceptors (Lipinski definition) is 5. The SMILES string of the molecule is C#CCCOc1nc(Cl)nc(NC)n1. The minimum atomic E-state index is 0.0834. The molecule has 1 heterocycles. The van der Waals surface area contributed by atoms with Crippen LogP contribution in [0.2, 0.25) is 5.28 Å². The van der Waals surface area contributed by atoms with Gasteiger partial charge < -0.3 is 10.1 Å². The largest absolute Gasteiger partial charge is 0.462 e. The van der Waals surface area contributed by atoms with E-state index in [2.05, 4.69) is 26.2 Å². The Bertz CT molecular complexity index is 350. The van der Waals surface area contributed by atoms with Gasteiger partial charge in [0, 0.05) is 13.5 Å². The Morgan fingerprint density at radius 1 is 1.50 bits per heavy atom. The van der Waals surface area contributed by atoms with E-state index < -0.39 is 0 Å². The van der Waals surface area contributed by atoms with Crippen molar-refractivity contribution in [2.75, 3.05) is 19.0 Å². The van der Waals surface area contributed by atoms with E-state index in [0.717, 1.165) is 0 Å². The molecular weight excluding hydrogens is 204 g/mol. The predicted molar refractivity (Wildman–Crippen MR) is 53.3 cm³/mol. The quantitative estimate of drug-likeness (QED) is 0.595. The zero-order valence-corrected chi connectivity index (χ0v) is 8.38. The van der Waals surface area contributed by atoms with E-state index in [1.165, 1.54) is 0 Å². The number of ether oxygens (including phenoxy) is 1. The molecule has 0 amide bonds. The van der Waals surface area contributed by atoms with Gasteiger partial charge in [-0.15, -0.1) is 12.3 Å². The fraction of sp³-hybridized carbons (Fsp3) is 0.375. The predicted octanol–water partition coefficient (Wildman–Crippen LogP) is 0.969. The number of terminal acetylenes is 1. The van der Waals surface area contributed by atoms with Crippen LogP contribution in [0.1, 0.15) is 6.42 Å². The second kappa shape index (κ2) is 5.25. The fourth-order valence-electron chi connectivity index (χ4n) is 0.710. The summed E-state index contributed by atoms with van der Waals surface area (Å²) >= 11 is 5.62. The maximum Gasteiger partial charge on any atom is 0.322 e. The van der Waals surface area contributed by atoms with Crippen LogP contribution in [-0.2, 0) is 0 Å². The molecule has 6 heteroatoms. The van der Waals surface area contributed by atoms with E-state index in [-0.39, 0.29) is 11.3 Å². The summed E-state index contributed by atoms with van der Waals surface area (Å²) in [7, 11) is 1.68. The van der Waals surface area contributed by atoms with Crippen LogP contribution >= 0.6 is 11.6 Å². The lowest BCUT2D eigenvalue weighted by Gasteiger charge is -2.03. The summed E-state index contributed by atoms with van der Waals surface area (Å²) < 4.78 is 5.14. The Labute approximate surface area is 86.9 Å². The second-order valence-corrected chi connectivity index (χ2v) is 2.60. The molecule has 0 aromatic carbocycles. The molecule has 1 aromatic rings. The molecule has 1 N–H and O–H groups in total. The molecule has 0 atom stereocenters. The summed E-state index contributed by atoms with van der Waals surface area (Å²) in [6.07, 6.45) is 5.56. The van der Waals surface area contributed by atoms with Crippen LogP contribution in [0.15, 0.2) is 0 Å². The van der Waals surface area contributed by atoms with Gasteiger partial charge in [0.15, 0.2) is 0 Å². The first-order valence-electron chi connectivity index (χ1n) is 3.92. The molecule has 5 nitrogen and oxygen atoms in total. The number of nitrogens with one attached hydrogen (secondary N) is 1. The Morgan fingerprint density at radius 2 is 2.29 bits per heavy atom. The lowest BCUT2D eigenvalue weighted by Crippen LogP contribution is -2.04. The van der Waals surface area contributed by atoms with E-state index in [4.69, 9.17) is 22.8 Å². The van der Waals surface area contributed by atoms with Crippen molar-refractivity contribution in [3.05, 3.63) is 5.28 Å². The molecule has 0 bridgehead atoms. The van der Waals surface area contributed by atoms with E-state index >= 15 is 0 Å². The molecule has 0 spiro atoms. The van der Waals surface area contributed by atoms with Crippen LogP contribution in [0, 0.1) is 12.3 Å². The summed E-state index contributed by atoms with van der Waals surface area (Å²) in [4.78, 5) is 11.5. The highest BCUT2D eigenvalue weighted by Gasteiger charge is 2.03. The van der Waals surface area contributed by atoms with Gasteiger partial charge in [0.25, 0.3) is 0 Å². The zero-order valence-electron chi connectivity index (χ0n) is 7.62. The molecule has 74 valence electrons. The van der Waals surface area contributed by atoms with Crippen LogP contribution in [0.5, 0.6) is 6.01 Å². The van der Waals surface area contributed by atoms with E-state index in [9.17, 15) is 0 Å². The highest BCUT2D eigenvalue weighted by molar-refractivity contribution is 6.28. The van der Waals surface area contributed by atoms with Crippen molar-refractivity contribution in [2.24, 2.45) is 0 Å². The third-order valence-corrected chi connectivity index (χ3v) is 1.46. The molecule has 0 saturated heterocycles. The standard InChI is InChI=1S/C8H9ClN4O/c1-3-4-5-14-8-12-6(9)11-7(10-2)13-8/h1H,4-5H2,2H3,(H,10,11,12,13). The smallest absolute Gasteiger partial charge is 0.322 e. The van der Waals surface area contributed by atoms with Crippen molar-refractivity contribution in [1.29, 1.82) is 0 Å². The fourth-order valence-corrected chi connectivity index (χ4v) is 0.862. The molecule has 0 radical (unpaired) electrons. The van der Waals surface area contributed by atoms with Crippen LogP contribution in [-0.4, -0.2) is 28.6 Å². The van der Waals surface area contributed by atoms with Crippen molar-refractivity contribution in [2.45, 2.75) is 6.42 Å². The van der Waals surface area contributed by atoms with Crippen molar-refractivity contribution < 1.29 is 4.74 Å². The molecule has 0 fully saturated rings. The van der Waals surface area contributed by atoms with Gasteiger partial charge in [-0.3, -0.25) is 0 Å². The Morgan fingerprint density at radius 3 is 2.93 bits per heavy atom. The molecule has 1 aromatic heterocycles. The van der Waals surface area contributed by atoms with Crippen LogP contribution in [0.4, 0.5) is 5.95 Å². The topological polar surface area (TPSA) is 59.9 Å². The van der Waals surface area contributed by atoms with Gasteiger partial charge in [-0.25, -0.2) is 0 Å². The van der Waals surface area contributed by atoms with Crippen molar-refractivity contribution in [3.8, 4) is 18.4 Å². The molecule has 0 aliphatic heterocycles. The minimum Gasteiger partial charge on any atom is -0.462 e. The average Bonchev–Trinajstić information content (AvgIpc) is 2.17. The first kappa shape index (κ1) is 10.5. The van der Waals surface area contributed by atoms with Gasteiger partial charge >= 0.3 is 6.01 Å². The highest BCUT2D eigenvalue weighted by Crippen LogP contribution is 2.10. The lowest BCUT2D eigenvalue weighted by molar-refractivity contribution is 0.300. The summed E-state index contributed by atoms with van der Waals surface area (Å²) in [5, 5.41) is 2.81. The Balaban J connectivity index is 2.67. The highest BCUT2D eigenvalue weighted by atomic mass is 35.5. The normalized spacial score (nSPS) is 9.21. The van der Waals surface area contributed by atoms with E-state index in [1.54, 1.807) is 7.05 Å². The molecular formula is C8H9ClN4O. The monoisotopic (exact) mass is 212 g/mol. The number of anilines is 1. The minimum absolute atomic E-state index is 0.0834. The van der Waals surface area contributed by atoms with Crippen LogP contribution in [0.25, 0.3) is 0 Å². The second-order valence-electron chi connectivity index (χ2n) is 2.26. The van der Waals surface area contributed by atoms with Gasteiger partial charge in [0.05, 0.1) is 0 Å². The van der Waals surface area contributed by atoms with Gasteiger partial charge in [0.1, 0.15) is 6.61 Å². The number of nitrogens with zero attached hydrogens (tertiary/aromatic N) is 3. The Kier molecular flexibility index (Phi) is 3.95. The first-order valence-corrected chi connectivity index (χ1v) is 4.29. The average molecular weight is 213 g/mol. The third kappa shape index (κ3) is 3.07. The van der Waals surface area contributed by atoms with Gasteiger partial charge in [-0.2, -0.15) is 15.0 Å². The molecule has 0 saturated carbocycles. The van der Waals surface area contributed by atoms with Gasteiger partial charge in [-0.1, -0.05) is 0 Å². The zero-order chi connectivity index (χ0) is 10.4. The molecule has 0 aliphatic carbocycles. The van der Waals surface area contributed by atoms with Crippen molar-refractivity contribution in [3.63, 3.8) is 0 Å². The summed E-state index contributed by atoms with van der Waals surface area (Å²) in [5.74, 6) is 2.80. The number of hydrogen-bond donors (Lipinski definition) is 1. The summed E-state index contributed by atoms with van der Waals surface area (Å²) in [5.41, 5.74) is 0. The molecule has 0 aliphatic rings. The van der Waals surface area contributed by atoms with Crippen molar-refractivity contribution >= 4 is 17.5 Å². The maximum absolute atomic E-state index is 5.62. The van der Waals surface area contributed by atoms with Crippen LogP contribution < -0.4 is 10.1 Å². The number of aromatic nitrogens is 3. The molecule has 14 heavy (non-hydrogen) atoms. The van der Waals surface area contributed by atoms with Crippen molar-refractivity contribution in [1.82, 2.24) is 15.0 Å². The summed E-state index contributed by atoms with van der Waals surface area (Å²) in [6.45, 7) is 0.361. The number of rotatable bonds is 4. The number of halogens is 1. The third-order valence-electron chi connectivity index (χ3n) is 1.29. The molecule has 0 unspecified atom stereocenters. The van der Waals surface area contributed by atoms with Gasteiger partial charge in [0.2, 0.25) is 11.2 Å². The van der Waals surface area contributed by atoms with E-state index in [0.29, 0.717) is 19.0 Å². The lowest BCUT2D eigenvalue weighted by atomic mass is 10.5. The maximum atomic E-state index is 5.62. The summed E-state index contributed by atoms with van der Waals surface area (Å²) in [6, 6.07) is 0.171. The first-order chi connectivity index (χ1) is 6.76.